The number of halogens is 1. The van der Waals surface area contributed by atoms with Gasteiger partial charge in [0.2, 0.25) is 0 Å². The predicted octanol–water partition coefficient (Wildman–Crippen LogP) is 0.919. The van der Waals surface area contributed by atoms with E-state index in [1.54, 1.807) is 24.3 Å². The van der Waals surface area contributed by atoms with Gasteiger partial charge in [-0.1, -0.05) is 24.3 Å². The molecule has 2 rings (SSSR count). The van der Waals surface area contributed by atoms with Crippen LogP contribution in [0.25, 0.3) is 0 Å². The van der Waals surface area contributed by atoms with Crippen molar-refractivity contribution in [3.8, 4) is 0 Å². The first kappa shape index (κ1) is 14.4. The summed E-state index contributed by atoms with van der Waals surface area (Å²) < 4.78 is 35.2. The second kappa shape index (κ2) is 5.56. The Bertz CT molecular complexity index is 529. The average Bonchev–Trinajstić information content (AvgIpc) is 2.77. The van der Waals surface area contributed by atoms with Gasteiger partial charge in [-0.25, -0.2) is 12.8 Å². The number of aliphatic hydroxyl groups excluding tert-OH is 1. The summed E-state index contributed by atoms with van der Waals surface area (Å²) >= 11 is 0. The van der Waals surface area contributed by atoms with E-state index >= 15 is 0 Å². The van der Waals surface area contributed by atoms with Crippen molar-refractivity contribution in [3.05, 3.63) is 35.4 Å². The lowest BCUT2D eigenvalue weighted by molar-refractivity contribution is 0.132. The summed E-state index contributed by atoms with van der Waals surface area (Å²) in [5.41, 5.74) is 6.93. The fraction of sp³-hybridized carbons (Fsp3) is 0.538. The summed E-state index contributed by atoms with van der Waals surface area (Å²) in [5.74, 6) is 0.430. The number of benzene rings is 1. The van der Waals surface area contributed by atoms with Crippen LogP contribution in [0, 0.1) is 0 Å². The molecule has 1 heterocycles. The van der Waals surface area contributed by atoms with Crippen LogP contribution in [-0.4, -0.2) is 37.7 Å². The van der Waals surface area contributed by atoms with Gasteiger partial charge in [-0.15, -0.1) is 0 Å². The molecule has 1 saturated heterocycles. The van der Waals surface area contributed by atoms with Crippen molar-refractivity contribution in [2.45, 2.75) is 24.5 Å². The lowest BCUT2D eigenvalue weighted by Crippen LogP contribution is -2.30. The minimum Gasteiger partial charge on any atom is -0.387 e. The number of alkyl halides is 1. The molecule has 4 nitrogen and oxygen atoms in total. The van der Waals surface area contributed by atoms with Gasteiger partial charge in [-0.05, 0) is 23.5 Å². The molecule has 3 N–H and O–H groups in total. The normalized spacial score (nSPS) is 25.1. The largest absolute Gasteiger partial charge is 0.387 e. The Morgan fingerprint density at radius 3 is 2.47 bits per heavy atom. The summed E-state index contributed by atoms with van der Waals surface area (Å²) in [6.07, 6.45) is -0.403. The van der Waals surface area contributed by atoms with Crippen molar-refractivity contribution in [2.75, 3.05) is 18.2 Å². The summed E-state index contributed by atoms with van der Waals surface area (Å²) in [4.78, 5) is 0. The number of nitrogens with two attached hydrogens (primary N) is 1. The average molecular weight is 287 g/mol. The van der Waals surface area contributed by atoms with Crippen LogP contribution in [0.2, 0.25) is 0 Å². The third-order valence-electron chi connectivity index (χ3n) is 3.57. The lowest BCUT2D eigenvalue weighted by Gasteiger charge is -2.17. The van der Waals surface area contributed by atoms with E-state index in [1.165, 1.54) is 0 Å². The standard InChI is InChI=1S/C13H18FNO3S/c14-7-12(15)13(16)10-3-1-9(2-4-10)11-5-6-19(17,18)8-11/h1-4,11-13,16H,5-8,15H2/t11?,12-,13-/m1/s1. The molecular weight excluding hydrogens is 269 g/mol. The Labute approximate surface area is 112 Å². The summed E-state index contributed by atoms with van der Waals surface area (Å²) in [7, 11) is -2.91. The highest BCUT2D eigenvalue weighted by molar-refractivity contribution is 7.91. The Morgan fingerprint density at radius 1 is 1.37 bits per heavy atom. The van der Waals surface area contributed by atoms with E-state index in [0.717, 1.165) is 5.56 Å². The Balaban J connectivity index is 2.11. The van der Waals surface area contributed by atoms with E-state index in [-0.39, 0.29) is 17.4 Å². The molecule has 1 aliphatic heterocycles. The third-order valence-corrected chi connectivity index (χ3v) is 5.33. The second-order valence-corrected chi connectivity index (χ2v) is 7.26. The molecule has 0 amide bonds. The molecule has 1 aromatic rings. The maximum absolute atomic E-state index is 12.4. The van der Waals surface area contributed by atoms with Gasteiger partial charge in [0.25, 0.3) is 0 Å². The molecule has 0 aliphatic carbocycles. The maximum Gasteiger partial charge on any atom is 0.150 e. The van der Waals surface area contributed by atoms with Gasteiger partial charge in [0, 0.05) is 0 Å². The van der Waals surface area contributed by atoms with Crippen LogP contribution in [0.4, 0.5) is 4.39 Å². The zero-order chi connectivity index (χ0) is 14.0. The fourth-order valence-electron chi connectivity index (χ4n) is 2.35. The van der Waals surface area contributed by atoms with Crippen LogP contribution in [0.1, 0.15) is 29.6 Å². The molecule has 1 aliphatic rings. The Kier molecular flexibility index (Phi) is 4.23. The zero-order valence-corrected chi connectivity index (χ0v) is 11.3. The predicted molar refractivity (Wildman–Crippen MR) is 71.4 cm³/mol. The molecule has 19 heavy (non-hydrogen) atoms. The molecule has 6 heteroatoms. The van der Waals surface area contributed by atoms with Crippen molar-refractivity contribution >= 4 is 9.84 Å². The summed E-state index contributed by atoms with van der Waals surface area (Å²) in [6.45, 7) is -0.788. The molecule has 0 radical (unpaired) electrons. The van der Waals surface area contributed by atoms with Gasteiger partial charge in [0.05, 0.1) is 23.7 Å². The first-order valence-electron chi connectivity index (χ1n) is 6.23. The SMILES string of the molecule is N[C@H](CF)[C@H](O)c1ccc(C2CCS(=O)(=O)C2)cc1. The number of sulfone groups is 1. The first-order valence-corrected chi connectivity index (χ1v) is 8.05. The molecule has 1 aromatic carbocycles. The van der Waals surface area contributed by atoms with Gasteiger partial charge in [0.15, 0.2) is 9.84 Å². The quantitative estimate of drug-likeness (QED) is 0.863. The molecule has 1 fully saturated rings. The minimum absolute atomic E-state index is 0.0195. The van der Waals surface area contributed by atoms with Gasteiger partial charge < -0.3 is 10.8 Å². The Morgan fingerprint density at radius 2 is 2.00 bits per heavy atom. The third kappa shape index (κ3) is 3.32. The van der Waals surface area contributed by atoms with Gasteiger partial charge in [-0.2, -0.15) is 0 Å². The van der Waals surface area contributed by atoms with Gasteiger partial charge in [-0.3, -0.25) is 0 Å². The van der Waals surface area contributed by atoms with Crippen LogP contribution < -0.4 is 5.73 Å². The topological polar surface area (TPSA) is 80.4 Å². The van der Waals surface area contributed by atoms with Crippen LogP contribution >= 0.6 is 0 Å². The van der Waals surface area contributed by atoms with Crippen molar-refractivity contribution in [1.29, 1.82) is 0 Å². The van der Waals surface area contributed by atoms with E-state index in [9.17, 15) is 17.9 Å². The second-order valence-electron chi connectivity index (χ2n) is 5.03. The maximum atomic E-state index is 12.4. The van der Waals surface area contributed by atoms with Crippen LogP contribution in [0.15, 0.2) is 24.3 Å². The molecule has 0 spiro atoms. The van der Waals surface area contributed by atoms with E-state index in [1.807, 2.05) is 0 Å². The number of rotatable bonds is 4. The van der Waals surface area contributed by atoms with Crippen molar-refractivity contribution in [1.82, 2.24) is 0 Å². The van der Waals surface area contributed by atoms with E-state index in [0.29, 0.717) is 12.0 Å². The molecule has 0 aromatic heterocycles. The molecule has 1 unspecified atom stereocenters. The van der Waals surface area contributed by atoms with Crippen molar-refractivity contribution in [3.63, 3.8) is 0 Å². The summed E-state index contributed by atoms with van der Waals surface area (Å²) in [6, 6.07) is 6.00. The van der Waals surface area contributed by atoms with Gasteiger partial charge >= 0.3 is 0 Å². The number of aliphatic hydroxyl groups is 1. The van der Waals surface area contributed by atoms with Crippen LogP contribution in [-0.2, 0) is 9.84 Å². The highest BCUT2D eigenvalue weighted by Gasteiger charge is 2.29. The highest BCUT2D eigenvalue weighted by Crippen LogP contribution is 2.29. The smallest absolute Gasteiger partial charge is 0.150 e. The molecule has 0 saturated carbocycles. The van der Waals surface area contributed by atoms with Crippen LogP contribution in [0.3, 0.4) is 0 Å². The number of hydrogen-bond acceptors (Lipinski definition) is 4. The summed E-state index contributed by atoms with van der Waals surface area (Å²) in [5, 5.41) is 9.77. The monoisotopic (exact) mass is 287 g/mol. The molecule has 0 bridgehead atoms. The molecule has 106 valence electrons. The first-order chi connectivity index (χ1) is 8.93. The van der Waals surface area contributed by atoms with Crippen molar-refractivity contribution < 1.29 is 17.9 Å². The number of hydrogen-bond donors (Lipinski definition) is 2. The van der Waals surface area contributed by atoms with E-state index in [2.05, 4.69) is 0 Å². The minimum atomic E-state index is -2.91. The highest BCUT2D eigenvalue weighted by atomic mass is 32.2. The van der Waals surface area contributed by atoms with E-state index < -0.39 is 28.7 Å². The fourth-order valence-corrected chi connectivity index (χ4v) is 4.14. The van der Waals surface area contributed by atoms with E-state index in [4.69, 9.17) is 5.73 Å². The molecule has 3 atom stereocenters. The lowest BCUT2D eigenvalue weighted by atomic mass is 9.95. The zero-order valence-electron chi connectivity index (χ0n) is 10.5. The molecular formula is C13H18FNO3S. The Hall–Kier alpha value is -0.980. The van der Waals surface area contributed by atoms with Crippen molar-refractivity contribution in [2.24, 2.45) is 5.73 Å². The van der Waals surface area contributed by atoms with Crippen LogP contribution in [0.5, 0.6) is 0 Å². The van der Waals surface area contributed by atoms with Gasteiger partial charge in [0.1, 0.15) is 6.67 Å².